The number of aromatic nitrogens is 1. The summed E-state index contributed by atoms with van der Waals surface area (Å²) in [4.78, 5) is 16.4. The number of hydrogen-bond donors (Lipinski definition) is 1. The molecular formula is C18H17FN2O2S. The van der Waals surface area contributed by atoms with E-state index < -0.39 is 0 Å². The number of aryl methyl sites for hydroxylation is 1. The normalized spacial score (nSPS) is 10.8. The van der Waals surface area contributed by atoms with Gasteiger partial charge in [0.2, 0.25) is 5.91 Å². The van der Waals surface area contributed by atoms with Gasteiger partial charge in [0.1, 0.15) is 11.6 Å². The van der Waals surface area contributed by atoms with Crippen molar-refractivity contribution in [3.8, 4) is 10.8 Å². The molecule has 0 spiro atoms. The van der Waals surface area contributed by atoms with Gasteiger partial charge in [-0.25, -0.2) is 9.37 Å². The molecule has 0 saturated carbocycles. The zero-order valence-corrected chi connectivity index (χ0v) is 14.0. The highest BCUT2D eigenvalue weighted by atomic mass is 32.1. The summed E-state index contributed by atoms with van der Waals surface area (Å²) < 4.78 is 18.6. The van der Waals surface area contributed by atoms with Crippen LogP contribution >= 0.6 is 11.3 Å². The third-order valence-corrected chi connectivity index (χ3v) is 4.38. The summed E-state index contributed by atoms with van der Waals surface area (Å²) in [7, 11) is 0. The molecule has 24 heavy (non-hydrogen) atoms. The van der Waals surface area contributed by atoms with Crippen molar-refractivity contribution in [2.45, 2.75) is 19.8 Å². The van der Waals surface area contributed by atoms with Crippen LogP contribution in [-0.4, -0.2) is 17.4 Å². The highest BCUT2D eigenvalue weighted by Crippen LogP contribution is 2.25. The highest BCUT2D eigenvalue weighted by molar-refractivity contribution is 7.13. The summed E-state index contributed by atoms with van der Waals surface area (Å²) in [6, 6.07) is 10.1. The molecule has 6 heteroatoms. The van der Waals surface area contributed by atoms with Gasteiger partial charge in [0.25, 0.3) is 0 Å². The highest BCUT2D eigenvalue weighted by Gasteiger charge is 2.11. The molecule has 3 aromatic rings. The summed E-state index contributed by atoms with van der Waals surface area (Å²) in [5.74, 6) is 1.19. The molecule has 1 amide bonds. The number of carbonyl (C=O) groups excluding carboxylic acids is 1. The maximum absolute atomic E-state index is 13.1. The Hall–Kier alpha value is -2.47. The van der Waals surface area contributed by atoms with Crippen molar-refractivity contribution in [1.29, 1.82) is 0 Å². The largest absolute Gasteiger partial charge is 0.459 e. The van der Waals surface area contributed by atoms with Gasteiger partial charge in [-0.15, -0.1) is 11.3 Å². The van der Waals surface area contributed by atoms with Crippen LogP contribution < -0.4 is 5.32 Å². The quantitative estimate of drug-likeness (QED) is 0.741. The van der Waals surface area contributed by atoms with E-state index in [-0.39, 0.29) is 18.1 Å². The molecule has 4 nitrogen and oxygen atoms in total. The third-order valence-electron chi connectivity index (χ3n) is 3.47. The predicted octanol–water partition coefficient (Wildman–Crippen LogP) is 3.75. The fourth-order valence-corrected chi connectivity index (χ4v) is 3.10. The molecule has 0 radical (unpaired) electrons. The standard InChI is InChI=1S/C18H17FN2O2S/c1-12-5-6-16(23-12)18-21-15(11-24-18)10-17(22)20-8-7-13-3-2-4-14(19)9-13/h2-6,9,11H,7-8,10H2,1H3,(H,20,22). The lowest BCUT2D eigenvalue weighted by Gasteiger charge is -2.04. The Kier molecular flexibility index (Phi) is 5.05. The van der Waals surface area contributed by atoms with Crippen LogP contribution in [0.15, 0.2) is 46.2 Å². The lowest BCUT2D eigenvalue weighted by molar-refractivity contribution is -0.120. The van der Waals surface area contributed by atoms with Crippen molar-refractivity contribution in [3.05, 3.63) is 64.6 Å². The van der Waals surface area contributed by atoms with Crippen molar-refractivity contribution in [1.82, 2.24) is 10.3 Å². The SMILES string of the molecule is Cc1ccc(-c2nc(CC(=O)NCCc3cccc(F)c3)cs2)o1. The van der Waals surface area contributed by atoms with Crippen molar-refractivity contribution in [2.24, 2.45) is 0 Å². The van der Waals surface area contributed by atoms with E-state index in [0.29, 0.717) is 18.7 Å². The van der Waals surface area contributed by atoms with Crippen molar-refractivity contribution in [2.75, 3.05) is 6.54 Å². The number of nitrogens with one attached hydrogen (secondary N) is 1. The van der Waals surface area contributed by atoms with Crippen LogP contribution in [0.2, 0.25) is 0 Å². The number of thiazole rings is 1. The van der Waals surface area contributed by atoms with E-state index in [0.717, 1.165) is 22.1 Å². The summed E-state index contributed by atoms with van der Waals surface area (Å²) >= 11 is 1.45. The predicted molar refractivity (Wildman–Crippen MR) is 91.4 cm³/mol. The van der Waals surface area contributed by atoms with E-state index in [9.17, 15) is 9.18 Å². The van der Waals surface area contributed by atoms with Crippen molar-refractivity contribution >= 4 is 17.2 Å². The Morgan fingerprint density at radius 3 is 2.96 bits per heavy atom. The average molecular weight is 344 g/mol. The molecule has 0 unspecified atom stereocenters. The molecule has 0 bridgehead atoms. The van der Waals surface area contributed by atoms with E-state index in [2.05, 4.69) is 10.3 Å². The molecular weight excluding hydrogens is 327 g/mol. The fraction of sp³-hybridized carbons (Fsp3) is 0.222. The van der Waals surface area contributed by atoms with Crippen LogP contribution in [0, 0.1) is 12.7 Å². The number of hydrogen-bond acceptors (Lipinski definition) is 4. The number of halogens is 1. The Morgan fingerprint density at radius 1 is 1.33 bits per heavy atom. The molecule has 124 valence electrons. The Bertz CT molecular complexity index is 841. The third kappa shape index (κ3) is 4.29. The number of benzene rings is 1. The molecule has 1 aromatic carbocycles. The molecule has 0 atom stereocenters. The first-order valence-electron chi connectivity index (χ1n) is 7.62. The first kappa shape index (κ1) is 16.4. The van der Waals surface area contributed by atoms with E-state index in [1.807, 2.05) is 30.5 Å². The first-order valence-corrected chi connectivity index (χ1v) is 8.50. The van der Waals surface area contributed by atoms with Gasteiger partial charge in [-0.2, -0.15) is 0 Å². The first-order chi connectivity index (χ1) is 11.6. The number of carbonyl (C=O) groups is 1. The molecule has 0 aliphatic heterocycles. The molecule has 0 aliphatic rings. The minimum Gasteiger partial charge on any atom is -0.459 e. The Morgan fingerprint density at radius 2 is 2.21 bits per heavy atom. The average Bonchev–Trinajstić information content (AvgIpc) is 3.16. The van der Waals surface area contributed by atoms with E-state index in [1.54, 1.807) is 6.07 Å². The Labute approximate surface area is 143 Å². The second-order valence-corrected chi connectivity index (χ2v) is 6.32. The minimum atomic E-state index is -0.262. The zero-order chi connectivity index (χ0) is 16.9. The summed E-state index contributed by atoms with van der Waals surface area (Å²) in [5, 5.41) is 5.46. The molecule has 0 fully saturated rings. The maximum atomic E-state index is 13.1. The molecule has 1 N–H and O–H groups in total. The smallest absolute Gasteiger partial charge is 0.226 e. The van der Waals surface area contributed by atoms with E-state index in [1.165, 1.54) is 23.5 Å². The van der Waals surface area contributed by atoms with Gasteiger partial charge in [0, 0.05) is 11.9 Å². The molecule has 3 rings (SSSR count). The van der Waals surface area contributed by atoms with Crippen LogP contribution in [0.1, 0.15) is 17.0 Å². The van der Waals surface area contributed by atoms with Gasteiger partial charge in [0.05, 0.1) is 12.1 Å². The fourth-order valence-electron chi connectivity index (χ4n) is 2.32. The van der Waals surface area contributed by atoms with Gasteiger partial charge < -0.3 is 9.73 Å². The molecule has 0 aliphatic carbocycles. The molecule has 2 heterocycles. The topological polar surface area (TPSA) is 55.1 Å². The van der Waals surface area contributed by atoms with Crippen LogP contribution in [0.3, 0.4) is 0 Å². The van der Waals surface area contributed by atoms with Crippen molar-refractivity contribution in [3.63, 3.8) is 0 Å². The number of furan rings is 1. The van der Waals surface area contributed by atoms with Gasteiger partial charge in [-0.3, -0.25) is 4.79 Å². The maximum Gasteiger partial charge on any atom is 0.226 e. The molecule has 2 aromatic heterocycles. The Balaban J connectivity index is 1.49. The van der Waals surface area contributed by atoms with Gasteiger partial charge in [-0.05, 0) is 43.2 Å². The zero-order valence-electron chi connectivity index (χ0n) is 13.2. The summed E-state index contributed by atoms with van der Waals surface area (Å²) in [6.45, 7) is 2.35. The van der Waals surface area contributed by atoms with Gasteiger partial charge in [0.15, 0.2) is 10.8 Å². The van der Waals surface area contributed by atoms with E-state index in [4.69, 9.17) is 4.42 Å². The summed E-state index contributed by atoms with van der Waals surface area (Å²) in [5.41, 5.74) is 1.58. The second kappa shape index (κ2) is 7.40. The number of nitrogens with zero attached hydrogens (tertiary/aromatic N) is 1. The summed E-state index contributed by atoms with van der Waals surface area (Å²) in [6.07, 6.45) is 0.816. The van der Waals surface area contributed by atoms with E-state index >= 15 is 0 Å². The van der Waals surface area contributed by atoms with Crippen LogP contribution in [0.4, 0.5) is 4.39 Å². The van der Waals surface area contributed by atoms with Crippen LogP contribution in [0.5, 0.6) is 0 Å². The number of rotatable bonds is 6. The second-order valence-electron chi connectivity index (χ2n) is 5.46. The number of amides is 1. The minimum absolute atomic E-state index is 0.0983. The molecule has 0 saturated heterocycles. The monoisotopic (exact) mass is 344 g/mol. The lowest BCUT2D eigenvalue weighted by Crippen LogP contribution is -2.27. The van der Waals surface area contributed by atoms with Crippen LogP contribution in [0.25, 0.3) is 10.8 Å². The van der Waals surface area contributed by atoms with Crippen LogP contribution in [-0.2, 0) is 17.6 Å². The lowest BCUT2D eigenvalue weighted by atomic mass is 10.1. The van der Waals surface area contributed by atoms with Gasteiger partial charge in [-0.1, -0.05) is 12.1 Å². The van der Waals surface area contributed by atoms with Gasteiger partial charge >= 0.3 is 0 Å². The van der Waals surface area contributed by atoms with Crippen molar-refractivity contribution < 1.29 is 13.6 Å².